The van der Waals surface area contributed by atoms with Crippen molar-refractivity contribution < 1.29 is 0 Å². The van der Waals surface area contributed by atoms with Crippen molar-refractivity contribution >= 4 is 0 Å². The van der Waals surface area contributed by atoms with Crippen molar-refractivity contribution in [3.8, 4) is 11.1 Å². The predicted octanol–water partition coefficient (Wildman–Crippen LogP) is 2.37. The molecule has 0 fully saturated rings. The van der Waals surface area contributed by atoms with Gasteiger partial charge in [-0.15, -0.1) is 0 Å². The third-order valence-corrected chi connectivity index (χ3v) is 2.91. The Kier molecular flexibility index (Phi) is 3.59. The molecule has 0 spiro atoms. The quantitative estimate of drug-likeness (QED) is 0.872. The van der Waals surface area contributed by atoms with Crippen molar-refractivity contribution in [1.82, 2.24) is 15.1 Å². The van der Waals surface area contributed by atoms with E-state index in [1.165, 1.54) is 16.7 Å². The molecule has 17 heavy (non-hydrogen) atoms. The Labute approximate surface area is 102 Å². The zero-order chi connectivity index (χ0) is 12.3. The van der Waals surface area contributed by atoms with Gasteiger partial charge in [-0.1, -0.05) is 31.2 Å². The largest absolute Gasteiger partial charge is 0.316 e. The summed E-state index contributed by atoms with van der Waals surface area (Å²) in [5, 5.41) is 7.71. The molecule has 0 atom stereocenters. The number of nitrogens with one attached hydrogen (secondary N) is 1. The highest BCUT2D eigenvalue weighted by Gasteiger charge is 2.11. The summed E-state index contributed by atoms with van der Waals surface area (Å²) in [7, 11) is 3.95. The molecule has 2 aromatic rings. The fourth-order valence-electron chi connectivity index (χ4n) is 2.15. The van der Waals surface area contributed by atoms with E-state index < -0.39 is 0 Å². The third-order valence-electron chi connectivity index (χ3n) is 2.91. The van der Waals surface area contributed by atoms with Gasteiger partial charge in [0.1, 0.15) is 0 Å². The van der Waals surface area contributed by atoms with E-state index in [2.05, 4.69) is 47.8 Å². The first-order chi connectivity index (χ1) is 8.26. The predicted molar refractivity (Wildman–Crippen MR) is 70.8 cm³/mol. The molecule has 0 aliphatic heterocycles. The highest BCUT2D eigenvalue weighted by Crippen LogP contribution is 2.26. The molecule has 1 aromatic carbocycles. The summed E-state index contributed by atoms with van der Waals surface area (Å²) in [5.74, 6) is 0. The van der Waals surface area contributed by atoms with Crippen molar-refractivity contribution in [2.24, 2.45) is 7.05 Å². The zero-order valence-corrected chi connectivity index (χ0v) is 10.7. The Balaban J connectivity index is 2.51. The van der Waals surface area contributed by atoms with E-state index in [-0.39, 0.29) is 0 Å². The normalized spacial score (nSPS) is 10.8. The van der Waals surface area contributed by atoms with Crippen LogP contribution in [0, 0.1) is 0 Å². The first-order valence-electron chi connectivity index (χ1n) is 6.01. The Morgan fingerprint density at radius 3 is 2.71 bits per heavy atom. The molecule has 0 bridgehead atoms. The van der Waals surface area contributed by atoms with Gasteiger partial charge >= 0.3 is 0 Å². The van der Waals surface area contributed by atoms with Gasteiger partial charge in [-0.2, -0.15) is 5.10 Å². The number of hydrogen-bond acceptors (Lipinski definition) is 2. The third kappa shape index (κ3) is 2.39. The zero-order valence-electron chi connectivity index (χ0n) is 10.7. The van der Waals surface area contributed by atoms with E-state index in [1.54, 1.807) is 0 Å². The number of nitrogens with zero attached hydrogens (tertiary/aromatic N) is 2. The molecule has 3 heteroatoms. The molecule has 0 unspecified atom stereocenters. The summed E-state index contributed by atoms with van der Waals surface area (Å²) in [6, 6.07) is 8.50. The molecule has 1 N–H and O–H groups in total. The molecule has 1 aromatic heterocycles. The lowest BCUT2D eigenvalue weighted by molar-refractivity contribution is 0.746. The van der Waals surface area contributed by atoms with Crippen molar-refractivity contribution in [3.63, 3.8) is 0 Å². The Morgan fingerprint density at radius 2 is 2.00 bits per heavy atom. The van der Waals surface area contributed by atoms with Crippen molar-refractivity contribution in [2.75, 3.05) is 7.05 Å². The van der Waals surface area contributed by atoms with Crippen LogP contribution in [0.5, 0.6) is 0 Å². The molecule has 0 saturated heterocycles. The minimum absolute atomic E-state index is 0.883. The maximum atomic E-state index is 4.50. The van der Waals surface area contributed by atoms with Gasteiger partial charge in [0.2, 0.25) is 0 Å². The Bertz CT molecular complexity index is 500. The summed E-state index contributed by atoms with van der Waals surface area (Å²) in [6.07, 6.45) is 3.07. The molecule has 90 valence electrons. The van der Waals surface area contributed by atoms with Gasteiger partial charge in [-0.3, -0.25) is 4.68 Å². The summed E-state index contributed by atoms with van der Waals surface area (Å²) in [4.78, 5) is 0. The van der Waals surface area contributed by atoms with E-state index in [0.29, 0.717) is 0 Å². The van der Waals surface area contributed by atoms with Crippen LogP contribution in [0.25, 0.3) is 11.1 Å². The molecule has 0 amide bonds. The number of rotatable bonds is 4. The maximum absolute atomic E-state index is 4.50. The number of hydrogen-bond donors (Lipinski definition) is 1. The van der Waals surface area contributed by atoms with Gasteiger partial charge in [0.05, 0.1) is 5.69 Å². The highest BCUT2D eigenvalue weighted by atomic mass is 15.2. The minimum Gasteiger partial charge on any atom is -0.316 e. The molecule has 0 radical (unpaired) electrons. The van der Waals surface area contributed by atoms with Crippen LogP contribution in [-0.2, 0) is 20.0 Å². The van der Waals surface area contributed by atoms with Crippen LogP contribution in [0.15, 0.2) is 30.5 Å². The van der Waals surface area contributed by atoms with Crippen LogP contribution >= 0.6 is 0 Å². The van der Waals surface area contributed by atoms with Crippen LogP contribution < -0.4 is 5.32 Å². The topological polar surface area (TPSA) is 29.9 Å². The summed E-state index contributed by atoms with van der Waals surface area (Å²) < 4.78 is 1.89. The molecule has 1 heterocycles. The van der Waals surface area contributed by atoms with Crippen LogP contribution in [0.4, 0.5) is 0 Å². The monoisotopic (exact) mass is 229 g/mol. The minimum atomic E-state index is 0.883. The van der Waals surface area contributed by atoms with Crippen molar-refractivity contribution in [1.29, 1.82) is 0 Å². The van der Waals surface area contributed by atoms with Crippen molar-refractivity contribution in [3.05, 3.63) is 41.7 Å². The van der Waals surface area contributed by atoms with E-state index in [9.17, 15) is 0 Å². The molecule has 0 aliphatic rings. The summed E-state index contributed by atoms with van der Waals surface area (Å²) >= 11 is 0. The lowest BCUT2D eigenvalue weighted by Crippen LogP contribution is -2.06. The molecular weight excluding hydrogens is 210 g/mol. The number of aryl methyl sites for hydroxylation is 2. The average Bonchev–Trinajstić information content (AvgIpc) is 2.71. The molecule has 0 saturated carbocycles. The second kappa shape index (κ2) is 5.15. The van der Waals surface area contributed by atoms with Gasteiger partial charge in [-0.25, -0.2) is 0 Å². The number of benzene rings is 1. The van der Waals surface area contributed by atoms with Gasteiger partial charge in [0.15, 0.2) is 0 Å². The second-order valence-electron chi connectivity index (χ2n) is 4.20. The fraction of sp³-hybridized carbons (Fsp3) is 0.357. The van der Waals surface area contributed by atoms with Gasteiger partial charge in [0.25, 0.3) is 0 Å². The smallest absolute Gasteiger partial charge is 0.0700 e. The number of aromatic nitrogens is 2. The maximum Gasteiger partial charge on any atom is 0.0700 e. The Hall–Kier alpha value is -1.61. The van der Waals surface area contributed by atoms with E-state index in [0.717, 1.165) is 18.7 Å². The van der Waals surface area contributed by atoms with Gasteiger partial charge in [-0.05, 0) is 24.6 Å². The average molecular weight is 229 g/mol. The SMILES string of the molecule is CCc1nn(C)cc1-c1ccccc1CNC. The molecule has 0 aliphatic carbocycles. The van der Waals surface area contributed by atoms with E-state index in [4.69, 9.17) is 0 Å². The van der Waals surface area contributed by atoms with Crippen LogP contribution in [-0.4, -0.2) is 16.8 Å². The fourth-order valence-corrected chi connectivity index (χ4v) is 2.15. The first-order valence-corrected chi connectivity index (χ1v) is 6.01. The van der Waals surface area contributed by atoms with Crippen LogP contribution in [0.1, 0.15) is 18.2 Å². The lowest BCUT2D eigenvalue weighted by atomic mass is 9.99. The van der Waals surface area contributed by atoms with Crippen molar-refractivity contribution in [2.45, 2.75) is 19.9 Å². The molecule has 3 nitrogen and oxygen atoms in total. The van der Waals surface area contributed by atoms with Gasteiger partial charge in [0, 0.05) is 25.4 Å². The summed E-state index contributed by atoms with van der Waals surface area (Å²) in [5.41, 5.74) is 5.02. The standard InChI is InChI=1S/C14H19N3/c1-4-14-13(10-17(3)16-14)12-8-6-5-7-11(12)9-15-2/h5-8,10,15H,4,9H2,1-3H3. The first kappa shape index (κ1) is 11.9. The van der Waals surface area contributed by atoms with E-state index in [1.807, 2.05) is 18.8 Å². The molecular formula is C14H19N3. The summed E-state index contributed by atoms with van der Waals surface area (Å²) in [6.45, 7) is 3.03. The lowest BCUT2D eigenvalue weighted by Gasteiger charge is -2.08. The molecule has 2 rings (SSSR count). The van der Waals surface area contributed by atoms with Crippen LogP contribution in [0.2, 0.25) is 0 Å². The van der Waals surface area contributed by atoms with E-state index >= 15 is 0 Å². The highest BCUT2D eigenvalue weighted by molar-refractivity contribution is 5.69. The van der Waals surface area contributed by atoms with Crippen LogP contribution in [0.3, 0.4) is 0 Å². The second-order valence-corrected chi connectivity index (χ2v) is 4.20. The Morgan fingerprint density at radius 1 is 1.24 bits per heavy atom. The van der Waals surface area contributed by atoms with Gasteiger partial charge < -0.3 is 5.32 Å².